The van der Waals surface area contributed by atoms with Crippen molar-refractivity contribution in [1.29, 1.82) is 0 Å². The Labute approximate surface area is 231 Å². The van der Waals surface area contributed by atoms with Crippen LogP contribution in [0.1, 0.15) is 40.5 Å². The standard InChI is InChI=1S/C29H23ClF5N3O2/c30-20-5-3-18(4-6-20)24-2-1-8-36-27(24)19(10-17-11-21(31)14-22(32)12-17)13-23(39)15-38-26-16-40-9-7-25(26)28(37-38)29(33,34)35/h1-6,8,11-12,14,19H,7,9-10,13,15-16H2/t19-/m1/s1. The van der Waals surface area contributed by atoms with E-state index in [1.54, 1.807) is 36.5 Å². The minimum atomic E-state index is -4.67. The third kappa shape index (κ3) is 6.23. The Bertz CT molecular complexity index is 1520. The maximum absolute atomic E-state index is 14.0. The second-order valence-electron chi connectivity index (χ2n) is 9.60. The Morgan fingerprint density at radius 2 is 1.80 bits per heavy atom. The van der Waals surface area contributed by atoms with E-state index in [0.29, 0.717) is 21.8 Å². The number of ketones is 1. The third-order valence-electron chi connectivity index (χ3n) is 6.76. The largest absolute Gasteiger partial charge is 0.435 e. The molecule has 5 nitrogen and oxygen atoms in total. The van der Waals surface area contributed by atoms with E-state index in [-0.39, 0.29) is 43.7 Å². The van der Waals surface area contributed by atoms with Crippen LogP contribution in [0.4, 0.5) is 22.0 Å². The van der Waals surface area contributed by atoms with E-state index < -0.39 is 41.8 Å². The van der Waals surface area contributed by atoms with Gasteiger partial charge in [0, 0.05) is 40.8 Å². The first-order valence-electron chi connectivity index (χ1n) is 12.5. The number of fused-ring (bicyclic) bond motifs is 1. The number of benzene rings is 2. The first-order chi connectivity index (χ1) is 19.1. The molecule has 3 heterocycles. The van der Waals surface area contributed by atoms with E-state index >= 15 is 0 Å². The van der Waals surface area contributed by atoms with E-state index in [1.807, 2.05) is 6.07 Å². The van der Waals surface area contributed by atoms with Crippen LogP contribution in [0.3, 0.4) is 0 Å². The van der Waals surface area contributed by atoms with Crippen molar-refractivity contribution in [3.63, 3.8) is 0 Å². The van der Waals surface area contributed by atoms with Gasteiger partial charge in [-0.15, -0.1) is 0 Å². The van der Waals surface area contributed by atoms with Crippen LogP contribution in [-0.4, -0.2) is 27.2 Å². The van der Waals surface area contributed by atoms with Crippen molar-refractivity contribution >= 4 is 17.4 Å². The van der Waals surface area contributed by atoms with Gasteiger partial charge in [-0.25, -0.2) is 8.78 Å². The minimum Gasteiger partial charge on any atom is -0.375 e. The molecule has 40 heavy (non-hydrogen) atoms. The summed E-state index contributed by atoms with van der Waals surface area (Å²) in [5.41, 5.74) is 1.52. The third-order valence-corrected chi connectivity index (χ3v) is 7.01. The lowest BCUT2D eigenvalue weighted by molar-refractivity contribution is -0.142. The molecule has 11 heteroatoms. The van der Waals surface area contributed by atoms with Gasteiger partial charge < -0.3 is 4.74 Å². The Hall–Kier alpha value is -3.63. The molecule has 1 aliphatic rings. The van der Waals surface area contributed by atoms with Crippen molar-refractivity contribution in [1.82, 2.24) is 14.8 Å². The van der Waals surface area contributed by atoms with Gasteiger partial charge in [0.2, 0.25) is 0 Å². The molecule has 0 bridgehead atoms. The maximum Gasteiger partial charge on any atom is 0.435 e. The summed E-state index contributed by atoms with van der Waals surface area (Å²) in [6, 6.07) is 13.6. The molecule has 1 atom stereocenters. The molecule has 5 rings (SSSR count). The lowest BCUT2D eigenvalue weighted by atomic mass is 9.87. The predicted molar refractivity (Wildman–Crippen MR) is 138 cm³/mol. The smallest absolute Gasteiger partial charge is 0.375 e. The molecule has 0 unspecified atom stereocenters. The summed E-state index contributed by atoms with van der Waals surface area (Å²) < 4.78 is 75.3. The average molecular weight is 576 g/mol. The Morgan fingerprint density at radius 1 is 1.07 bits per heavy atom. The van der Waals surface area contributed by atoms with Crippen molar-refractivity contribution < 1.29 is 31.5 Å². The van der Waals surface area contributed by atoms with Gasteiger partial charge in [0.25, 0.3) is 0 Å². The molecule has 2 aromatic carbocycles. The second kappa shape index (κ2) is 11.5. The zero-order valence-corrected chi connectivity index (χ0v) is 21.8. The fraction of sp³-hybridized carbons (Fsp3) is 0.276. The number of ether oxygens (including phenoxy) is 1. The summed E-state index contributed by atoms with van der Waals surface area (Å²) in [6.07, 6.45) is -3.17. The topological polar surface area (TPSA) is 57.0 Å². The quantitative estimate of drug-likeness (QED) is 0.213. The summed E-state index contributed by atoms with van der Waals surface area (Å²) in [7, 11) is 0. The van der Waals surface area contributed by atoms with Crippen LogP contribution in [0.2, 0.25) is 5.02 Å². The second-order valence-corrected chi connectivity index (χ2v) is 10.0. The normalized spacial score (nSPS) is 14.2. The number of aromatic nitrogens is 3. The van der Waals surface area contributed by atoms with Gasteiger partial charge >= 0.3 is 6.18 Å². The Kier molecular flexibility index (Phi) is 8.00. The molecular weight excluding hydrogens is 553 g/mol. The molecule has 0 N–H and O–H groups in total. The van der Waals surface area contributed by atoms with Gasteiger partial charge in [-0.1, -0.05) is 29.8 Å². The molecule has 4 aromatic rings. The van der Waals surface area contributed by atoms with Crippen LogP contribution < -0.4 is 0 Å². The molecule has 1 aliphatic heterocycles. The highest BCUT2D eigenvalue weighted by Gasteiger charge is 2.40. The van der Waals surface area contributed by atoms with Gasteiger partial charge in [-0.05, 0) is 54.3 Å². The molecule has 0 saturated carbocycles. The van der Waals surface area contributed by atoms with Gasteiger partial charge in [0.15, 0.2) is 11.5 Å². The fourth-order valence-electron chi connectivity index (χ4n) is 5.06. The number of Topliss-reactive ketones (excluding diaryl/α,β-unsaturated/α-hetero) is 1. The lowest BCUT2D eigenvalue weighted by Crippen LogP contribution is -2.20. The van der Waals surface area contributed by atoms with Crippen molar-refractivity contribution in [2.75, 3.05) is 6.61 Å². The number of halogens is 6. The lowest BCUT2D eigenvalue weighted by Gasteiger charge is -2.20. The monoisotopic (exact) mass is 575 g/mol. The number of pyridine rings is 1. The summed E-state index contributed by atoms with van der Waals surface area (Å²) in [5, 5.41) is 4.26. The summed E-state index contributed by atoms with van der Waals surface area (Å²) >= 11 is 6.05. The molecule has 0 fully saturated rings. The first kappa shape index (κ1) is 27.9. The van der Waals surface area contributed by atoms with E-state index in [9.17, 15) is 26.7 Å². The zero-order valence-electron chi connectivity index (χ0n) is 21.0. The van der Waals surface area contributed by atoms with E-state index in [4.69, 9.17) is 16.3 Å². The van der Waals surface area contributed by atoms with Crippen molar-refractivity contribution in [3.05, 3.63) is 106 Å². The first-order valence-corrected chi connectivity index (χ1v) is 12.9. The molecule has 0 saturated heterocycles. The highest BCUT2D eigenvalue weighted by Crippen LogP contribution is 2.36. The number of hydrogen-bond donors (Lipinski definition) is 0. The molecule has 0 aliphatic carbocycles. The fourth-order valence-corrected chi connectivity index (χ4v) is 5.19. The number of rotatable bonds is 8. The maximum atomic E-state index is 14.0. The Balaban J connectivity index is 1.49. The minimum absolute atomic E-state index is 0.0353. The summed E-state index contributed by atoms with van der Waals surface area (Å²) in [6.45, 7) is -0.368. The van der Waals surface area contributed by atoms with Gasteiger partial charge in [0.05, 0.1) is 31.1 Å². The highest BCUT2D eigenvalue weighted by molar-refractivity contribution is 6.30. The van der Waals surface area contributed by atoms with Crippen LogP contribution >= 0.6 is 11.6 Å². The van der Waals surface area contributed by atoms with Gasteiger partial charge in [0.1, 0.15) is 11.6 Å². The summed E-state index contributed by atoms with van der Waals surface area (Å²) in [4.78, 5) is 17.9. The molecule has 0 spiro atoms. The van der Waals surface area contributed by atoms with Crippen LogP contribution in [0.15, 0.2) is 60.8 Å². The van der Waals surface area contributed by atoms with Gasteiger partial charge in [-0.3, -0.25) is 14.5 Å². The van der Waals surface area contributed by atoms with Gasteiger partial charge in [-0.2, -0.15) is 18.3 Å². The predicted octanol–water partition coefficient (Wildman–Crippen LogP) is 6.95. The average Bonchev–Trinajstić information content (AvgIpc) is 3.27. The van der Waals surface area contributed by atoms with Crippen molar-refractivity contribution in [3.8, 4) is 11.1 Å². The van der Waals surface area contributed by atoms with Crippen LogP contribution in [0.25, 0.3) is 11.1 Å². The SMILES string of the molecule is O=C(C[C@@H](Cc1cc(F)cc(F)c1)c1ncccc1-c1ccc(Cl)cc1)Cn1nc(C(F)(F)F)c2c1COCC2. The van der Waals surface area contributed by atoms with Crippen LogP contribution in [0.5, 0.6) is 0 Å². The molecular formula is C29H23ClF5N3O2. The molecule has 2 aromatic heterocycles. The number of alkyl halides is 3. The molecule has 0 radical (unpaired) electrons. The highest BCUT2D eigenvalue weighted by atomic mass is 35.5. The van der Waals surface area contributed by atoms with Crippen molar-refractivity contribution in [2.45, 2.75) is 44.5 Å². The van der Waals surface area contributed by atoms with Crippen LogP contribution in [0, 0.1) is 11.6 Å². The van der Waals surface area contributed by atoms with E-state index in [1.165, 1.54) is 12.1 Å². The van der Waals surface area contributed by atoms with Crippen LogP contribution in [-0.2, 0) is 41.7 Å². The number of hydrogen-bond acceptors (Lipinski definition) is 4. The zero-order chi connectivity index (χ0) is 28.4. The number of carbonyl (C=O) groups excluding carboxylic acids is 1. The summed E-state index contributed by atoms with van der Waals surface area (Å²) in [5.74, 6) is -2.59. The number of nitrogens with zero attached hydrogens (tertiary/aromatic N) is 3. The number of carbonyl (C=O) groups is 1. The molecule has 208 valence electrons. The molecule has 0 amide bonds. The Morgan fingerprint density at radius 3 is 2.50 bits per heavy atom. The van der Waals surface area contributed by atoms with E-state index in [0.717, 1.165) is 16.3 Å². The van der Waals surface area contributed by atoms with E-state index in [2.05, 4.69) is 10.1 Å². The van der Waals surface area contributed by atoms with Crippen molar-refractivity contribution in [2.24, 2.45) is 0 Å².